The lowest BCUT2D eigenvalue weighted by atomic mass is 10.3. The number of nitrogens with zero attached hydrogens (tertiary/aromatic N) is 3. The van der Waals surface area contributed by atoms with E-state index in [0.29, 0.717) is 10.9 Å². The number of methoxy groups -OCH3 is 1. The topological polar surface area (TPSA) is 80.8 Å². The van der Waals surface area contributed by atoms with Crippen molar-refractivity contribution in [2.24, 2.45) is 0 Å². The Morgan fingerprint density at radius 3 is 2.52 bits per heavy atom. The van der Waals surface area contributed by atoms with Gasteiger partial charge < -0.3 is 9.72 Å². The number of rotatable bonds is 3. The zero-order chi connectivity index (χ0) is 16.6. The lowest BCUT2D eigenvalue weighted by Crippen LogP contribution is -2.09. The van der Waals surface area contributed by atoms with Crippen LogP contribution in [0.15, 0.2) is 21.6 Å². The fraction of sp³-hybridized carbons (Fsp3) is 0.167. The van der Waals surface area contributed by atoms with Gasteiger partial charge in [-0.05, 0) is 0 Å². The summed E-state index contributed by atoms with van der Waals surface area (Å²) in [4.78, 5) is 25.8. The maximum absolute atomic E-state index is 12.6. The molecular formula is C12H7F3N4O2S2. The van der Waals surface area contributed by atoms with Crippen molar-refractivity contribution in [3.05, 3.63) is 32.9 Å². The van der Waals surface area contributed by atoms with Crippen molar-refractivity contribution in [1.29, 1.82) is 0 Å². The van der Waals surface area contributed by atoms with E-state index in [1.54, 1.807) is 5.38 Å². The van der Waals surface area contributed by atoms with Crippen molar-refractivity contribution in [3.63, 3.8) is 0 Å². The van der Waals surface area contributed by atoms with Gasteiger partial charge in [0.25, 0.3) is 10.8 Å². The summed E-state index contributed by atoms with van der Waals surface area (Å²) in [6, 6.07) is 1.20. The Labute approximate surface area is 134 Å². The van der Waals surface area contributed by atoms with E-state index in [1.807, 2.05) is 0 Å². The normalized spacial score (nSPS) is 11.7. The number of thiazole rings is 2. The predicted molar refractivity (Wildman–Crippen MR) is 78.6 cm³/mol. The van der Waals surface area contributed by atoms with Crippen LogP contribution in [0.5, 0.6) is 5.19 Å². The first-order valence-electron chi connectivity index (χ1n) is 6.01. The number of ether oxygens (including phenoxy) is 1. The molecule has 0 fully saturated rings. The van der Waals surface area contributed by atoms with Crippen LogP contribution in [-0.2, 0) is 6.18 Å². The molecule has 3 aromatic rings. The van der Waals surface area contributed by atoms with Crippen LogP contribution < -0.4 is 10.3 Å². The summed E-state index contributed by atoms with van der Waals surface area (Å²) in [5, 5.41) is 2.86. The second kappa shape index (κ2) is 5.74. The minimum atomic E-state index is -4.55. The summed E-state index contributed by atoms with van der Waals surface area (Å²) >= 11 is 1.96. The quantitative estimate of drug-likeness (QED) is 0.776. The van der Waals surface area contributed by atoms with Crippen LogP contribution in [0.3, 0.4) is 0 Å². The molecule has 3 rings (SSSR count). The number of H-pyrrole nitrogens is 1. The zero-order valence-corrected chi connectivity index (χ0v) is 13.0. The van der Waals surface area contributed by atoms with Crippen molar-refractivity contribution in [1.82, 2.24) is 19.9 Å². The van der Waals surface area contributed by atoms with Crippen LogP contribution in [0, 0.1) is 0 Å². The monoisotopic (exact) mass is 360 g/mol. The Bertz CT molecular complexity index is 900. The molecule has 1 N–H and O–H groups in total. The molecule has 0 saturated carbocycles. The molecule has 0 aliphatic carbocycles. The Morgan fingerprint density at radius 1 is 1.13 bits per heavy atom. The van der Waals surface area contributed by atoms with Gasteiger partial charge in [-0.15, -0.1) is 11.3 Å². The third kappa shape index (κ3) is 3.24. The fourth-order valence-corrected chi connectivity index (χ4v) is 3.07. The van der Waals surface area contributed by atoms with E-state index in [9.17, 15) is 18.0 Å². The van der Waals surface area contributed by atoms with Crippen LogP contribution in [-0.4, -0.2) is 27.0 Å². The van der Waals surface area contributed by atoms with E-state index >= 15 is 0 Å². The molecule has 0 aliphatic rings. The molecule has 0 atom stereocenters. The number of alkyl halides is 3. The van der Waals surface area contributed by atoms with Gasteiger partial charge in [0.15, 0.2) is 16.5 Å². The number of aromatic nitrogens is 4. The van der Waals surface area contributed by atoms with Crippen molar-refractivity contribution in [3.8, 4) is 27.4 Å². The first-order valence-corrected chi connectivity index (χ1v) is 7.77. The highest BCUT2D eigenvalue weighted by molar-refractivity contribution is 7.13. The van der Waals surface area contributed by atoms with Gasteiger partial charge in [-0.2, -0.15) is 13.2 Å². The molecule has 0 spiro atoms. The minimum Gasteiger partial charge on any atom is -0.473 e. The lowest BCUT2D eigenvalue weighted by Gasteiger charge is -2.01. The first-order chi connectivity index (χ1) is 10.9. The molecule has 0 unspecified atom stereocenters. The third-order valence-corrected chi connectivity index (χ3v) is 4.31. The average molecular weight is 360 g/mol. The molecule has 0 aliphatic heterocycles. The number of nitrogens with one attached hydrogen (secondary N) is 1. The van der Waals surface area contributed by atoms with Crippen molar-refractivity contribution in [2.75, 3.05) is 7.11 Å². The SMILES string of the molecule is COc1nc(-c2cc(=O)[nH]c(-c3nc(C(F)(F)F)cs3)n2)cs1. The molecule has 0 saturated heterocycles. The average Bonchev–Trinajstić information content (AvgIpc) is 3.15. The minimum absolute atomic E-state index is 0.0292. The number of aromatic amines is 1. The lowest BCUT2D eigenvalue weighted by molar-refractivity contribution is -0.140. The molecule has 6 nitrogen and oxygen atoms in total. The molecule has 0 radical (unpaired) electrons. The number of hydrogen-bond donors (Lipinski definition) is 1. The van der Waals surface area contributed by atoms with Gasteiger partial charge in [-0.3, -0.25) is 4.79 Å². The maximum Gasteiger partial charge on any atom is 0.434 e. The number of hydrogen-bond acceptors (Lipinski definition) is 7. The molecule has 0 bridgehead atoms. The fourth-order valence-electron chi connectivity index (χ4n) is 1.67. The molecule has 0 amide bonds. The van der Waals surface area contributed by atoms with Gasteiger partial charge in [-0.1, -0.05) is 11.3 Å². The summed E-state index contributed by atoms with van der Waals surface area (Å²) < 4.78 is 42.8. The van der Waals surface area contributed by atoms with E-state index in [0.717, 1.165) is 16.7 Å². The first kappa shape index (κ1) is 15.6. The Balaban J connectivity index is 2.04. The zero-order valence-electron chi connectivity index (χ0n) is 11.3. The largest absolute Gasteiger partial charge is 0.473 e. The Hall–Kier alpha value is -2.27. The van der Waals surface area contributed by atoms with Crippen molar-refractivity contribution < 1.29 is 17.9 Å². The number of halogens is 3. The van der Waals surface area contributed by atoms with E-state index in [-0.39, 0.29) is 16.5 Å². The summed E-state index contributed by atoms with van der Waals surface area (Å²) in [5.74, 6) is -0.0417. The van der Waals surface area contributed by atoms with Crippen LogP contribution in [0.1, 0.15) is 5.69 Å². The van der Waals surface area contributed by atoms with Gasteiger partial charge in [-0.25, -0.2) is 15.0 Å². The molecule has 3 heterocycles. The summed E-state index contributed by atoms with van der Waals surface area (Å²) in [5.41, 5.74) is -0.916. The molecular weight excluding hydrogens is 353 g/mol. The summed E-state index contributed by atoms with van der Waals surface area (Å²) in [6.45, 7) is 0. The highest BCUT2D eigenvalue weighted by Gasteiger charge is 2.34. The molecule has 0 aromatic carbocycles. The highest BCUT2D eigenvalue weighted by Crippen LogP contribution is 2.33. The van der Waals surface area contributed by atoms with Gasteiger partial charge in [0.05, 0.1) is 12.8 Å². The predicted octanol–water partition coefficient (Wildman–Crippen LogP) is 3.04. The Kier molecular flexibility index (Phi) is 3.90. The van der Waals surface area contributed by atoms with E-state index in [4.69, 9.17) is 4.74 Å². The molecule has 23 heavy (non-hydrogen) atoms. The standard InChI is InChI=1S/C12H7F3N4O2S2/c1-21-11-17-6(3-23-11)5-2-8(20)19-9(16-5)10-18-7(4-22-10)12(13,14)15/h2-4H,1H3,(H,16,19,20). The Morgan fingerprint density at radius 2 is 1.91 bits per heavy atom. The molecule has 11 heteroatoms. The van der Waals surface area contributed by atoms with Crippen molar-refractivity contribution in [2.45, 2.75) is 6.18 Å². The smallest absolute Gasteiger partial charge is 0.434 e. The van der Waals surface area contributed by atoms with Gasteiger partial charge >= 0.3 is 6.18 Å². The third-order valence-electron chi connectivity index (χ3n) is 2.66. The van der Waals surface area contributed by atoms with Crippen LogP contribution in [0.25, 0.3) is 22.2 Å². The highest BCUT2D eigenvalue weighted by atomic mass is 32.1. The molecule has 120 valence electrons. The molecule has 3 aromatic heterocycles. The summed E-state index contributed by atoms with van der Waals surface area (Å²) in [6.07, 6.45) is -4.55. The second-order valence-electron chi connectivity index (χ2n) is 4.22. The maximum atomic E-state index is 12.6. The van der Waals surface area contributed by atoms with Crippen LogP contribution in [0.4, 0.5) is 13.2 Å². The van der Waals surface area contributed by atoms with E-state index in [2.05, 4.69) is 19.9 Å². The van der Waals surface area contributed by atoms with E-state index < -0.39 is 17.4 Å². The van der Waals surface area contributed by atoms with Gasteiger partial charge in [0, 0.05) is 16.8 Å². The van der Waals surface area contributed by atoms with E-state index in [1.165, 1.54) is 24.5 Å². The van der Waals surface area contributed by atoms with Gasteiger partial charge in [0.2, 0.25) is 0 Å². The van der Waals surface area contributed by atoms with Crippen LogP contribution in [0.2, 0.25) is 0 Å². The van der Waals surface area contributed by atoms with Crippen molar-refractivity contribution >= 4 is 22.7 Å². The summed E-state index contributed by atoms with van der Waals surface area (Å²) in [7, 11) is 1.45. The van der Waals surface area contributed by atoms with Crippen LogP contribution >= 0.6 is 22.7 Å². The second-order valence-corrected chi connectivity index (χ2v) is 5.90. The van der Waals surface area contributed by atoms with Gasteiger partial charge in [0.1, 0.15) is 5.69 Å².